The van der Waals surface area contributed by atoms with Crippen molar-refractivity contribution in [2.45, 2.75) is 13.3 Å². The third-order valence-electron chi connectivity index (χ3n) is 2.97. The summed E-state index contributed by atoms with van der Waals surface area (Å²) in [6.07, 6.45) is 0.900. The fourth-order valence-electron chi connectivity index (χ4n) is 1.87. The van der Waals surface area contributed by atoms with Crippen molar-refractivity contribution in [2.24, 2.45) is 0 Å². The van der Waals surface area contributed by atoms with Crippen molar-refractivity contribution in [1.29, 1.82) is 0 Å². The normalized spacial score (nSPS) is 11.3. The third-order valence-corrected chi connectivity index (χ3v) is 4.02. The first-order valence-corrected chi connectivity index (χ1v) is 7.03. The number of rotatable bonds is 4. The van der Waals surface area contributed by atoms with Gasteiger partial charge in [-0.1, -0.05) is 36.4 Å². The van der Waals surface area contributed by atoms with Gasteiger partial charge in [-0.3, -0.25) is 0 Å². The molecule has 3 heteroatoms. The van der Waals surface area contributed by atoms with Crippen LogP contribution < -0.4 is 5.30 Å². The van der Waals surface area contributed by atoms with Crippen molar-refractivity contribution in [3.8, 4) is 0 Å². The second-order valence-corrected chi connectivity index (χ2v) is 5.61. The molecular weight excluding hydrogens is 243 g/mol. The Balaban J connectivity index is 2.16. The Kier molecular flexibility index (Phi) is 4.24. The van der Waals surface area contributed by atoms with E-state index in [1.807, 2.05) is 30.3 Å². The van der Waals surface area contributed by atoms with Gasteiger partial charge in [0.2, 0.25) is 5.30 Å². The van der Waals surface area contributed by atoms with Gasteiger partial charge < -0.3 is 0 Å². The predicted molar refractivity (Wildman–Crippen MR) is 74.7 cm³/mol. The lowest BCUT2D eigenvalue weighted by Gasteiger charge is -2.05. The third kappa shape index (κ3) is 3.04. The lowest BCUT2D eigenvalue weighted by atomic mass is 10.0. The largest absolute Gasteiger partial charge is 0.548 e. The van der Waals surface area contributed by atoms with Crippen LogP contribution in [0.3, 0.4) is 0 Å². The summed E-state index contributed by atoms with van der Waals surface area (Å²) in [5, 5.41) is 0.737. The molecular formula is C15H16O2P+. The Hall–Kier alpha value is -1.50. The highest BCUT2D eigenvalue weighted by Crippen LogP contribution is 2.20. The van der Waals surface area contributed by atoms with Crippen LogP contribution in [0, 0.1) is 6.92 Å². The molecule has 18 heavy (non-hydrogen) atoms. The zero-order valence-corrected chi connectivity index (χ0v) is 11.5. The van der Waals surface area contributed by atoms with Crippen molar-refractivity contribution >= 4 is 13.3 Å². The lowest BCUT2D eigenvalue weighted by molar-refractivity contribution is 0.423. The molecule has 0 aromatic heterocycles. The molecule has 0 amide bonds. The first-order chi connectivity index (χ1) is 8.70. The number of hydrogen-bond acceptors (Lipinski definition) is 2. The summed E-state index contributed by atoms with van der Waals surface area (Å²) < 4.78 is 16.3. The van der Waals surface area contributed by atoms with E-state index < -0.39 is 8.03 Å². The van der Waals surface area contributed by atoms with E-state index in [2.05, 4.69) is 25.1 Å². The highest BCUT2D eigenvalue weighted by molar-refractivity contribution is 7.48. The molecule has 0 aliphatic rings. The van der Waals surface area contributed by atoms with Crippen LogP contribution in [-0.2, 0) is 15.5 Å². The van der Waals surface area contributed by atoms with Gasteiger partial charge in [0, 0.05) is 0 Å². The zero-order valence-electron chi connectivity index (χ0n) is 10.6. The monoisotopic (exact) mass is 259 g/mol. The maximum Gasteiger partial charge on any atom is 0.548 e. The lowest BCUT2D eigenvalue weighted by Crippen LogP contribution is -1.98. The Morgan fingerprint density at radius 1 is 1.06 bits per heavy atom. The molecule has 0 fully saturated rings. The van der Waals surface area contributed by atoms with Crippen molar-refractivity contribution in [2.75, 3.05) is 7.11 Å². The van der Waals surface area contributed by atoms with Gasteiger partial charge in [0.15, 0.2) is 0 Å². The van der Waals surface area contributed by atoms with E-state index in [1.165, 1.54) is 23.8 Å². The second-order valence-electron chi connectivity index (χ2n) is 4.21. The van der Waals surface area contributed by atoms with Crippen molar-refractivity contribution in [3.63, 3.8) is 0 Å². The SMILES string of the molecule is CO[P+](=O)c1ccc(Cc2ccccc2C)cc1. The number of hydrogen-bond donors (Lipinski definition) is 0. The summed E-state index contributed by atoms with van der Waals surface area (Å²) in [4.78, 5) is 0. The maximum absolute atomic E-state index is 11.5. The molecule has 2 aromatic carbocycles. The van der Waals surface area contributed by atoms with Crippen LogP contribution in [0.1, 0.15) is 16.7 Å². The van der Waals surface area contributed by atoms with Gasteiger partial charge >= 0.3 is 8.03 Å². The summed E-state index contributed by atoms with van der Waals surface area (Å²) in [6.45, 7) is 2.12. The molecule has 0 aliphatic carbocycles. The van der Waals surface area contributed by atoms with Crippen molar-refractivity contribution < 1.29 is 9.09 Å². The molecule has 0 aliphatic heterocycles. The molecule has 2 nitrogen and oxygen atoms in total. The first-order valence-electron chi connectivity index (χ1n) is 5.85. The molecule has 1 atom stereocenters. The summed E-state index contributed by atoms with van der Waals surface area (Å²) in [5.74, 6) is 0. The van der Waals surface area contributed by atoms with Gasteiger partial charge in [-0.2, -0.15) is 0 Å². The Morgan fingerprint density at radius 3 is 2.33 bits per heavy atom. The van der Waals surface area contributed by atoms with E-state index in [0.29, 0.717) is 0 Å². The summed E-state index contributed by atoms with van der Waals surface area (Å²) in [5.41, 5.74) is 3.83. The van der Waals surface area contributed by atoms with Crippen LogP contribution in [-0.4, -0.2) is 7.11 Å². The van der Waals surface area contributed by atoms with Crippen LogP contribution in [0.25, 0.3) is 0 Å². The average molecular weight is 259 g/mol. The molecule has 0 spiro atoms. The Morgan fingerprint density at radius 2 is 1.72 bits per heavy atom. The van der Waals surface area contributed by atoms with E-state index in [9.17, 15) is 4.57 Å². The van der Waals surface area contributed by atoms with Gasteiger partial charge in [-0.05, 0) is 46.7 Å². The quantitative estimate of drug-likeness (QED) is 0.784. The molecule has 0 saturated heterocycles. The fourth-order valence-corrected chi connectivity index (χ4v) is 2.47. The maximum atomic E-state index is 11.5. The van der Waals surface area contributed by atoms with Crippen LogP contribution in [0.5, 0.6) is 0 Å². The van der Waals surface area contributed by atoms with Gasteiger partial charge in [-0.15, -0.1) is 4.52 Å². The second kappa shape index (κ2) is 5.90. The zero-order chi connectivity index (χ0) is 13.0. The fraction of sp³-hybridized carbons (Fsp3) is 0.200. The van der Waals surface area contributed by atoms with Crippen LogP contribution >= 0.6 is 8.03 Å². The standard InChI is InChI=1S/C15H16O2P/c1-12-5-3-4-6-14(12)11-13-7-9-15(10-8-13)18(16)17-2/h3-10H,11H2,1-2H3/q+1. The molecule has 0 N–H and O–H groups in total. The Labute approximate surface area is 108 Å². The summed E-state index contributed by atoms with van der Waals surface area (Å²) in [6, 6.07) is 16.1. The van der Waals surface area contributed by atoms with Crippen molar-refractivity contribution in [1.82, 2.24) is 0 Å². The average Bonchev–Trinajstić information content (AvgIpc) is 2.41. The molecule has 92 valence electrons. The van der Waals surface area contributed by atoms with Gasteiger partial charge in [0.25, 0.3) is 0 Å². The minimum absolute atomic E-state index is 0.737. The van der Waals surface area contributed by atoms with Crippen LogP contribution in [0.15, 0.2) is 48.5 Å². The van der Waals surface area contributed by atoms with E-state index in [1.54, 1.807) is 0 Å². The predicted octanol–water partition coefficient (Wildman–Crippen LogP) is 3.60. The van der Waals surface area contributed by atoms with Gasteiger partial charge in [0.1, 0.15) is 0 Å². The highest BCUT2D eigenvalue weighted by Gasteiger charge is 2.18. The number of aryl methyl sites for hydroxylation is 1. The van der Waals surface area contributed by atoms with Crippen molar-refractivity contribution in [3.05, 3.63) is 65.2 Å². The molecule has 0 radical (unpaired) electrons. The van der Waals surface area contributed by atoms with E-state index in [0.717, 1.165) is 11.7 Å². The van der Waals surface area contributed by atoms with Crippen LogP contribution in [0.4, 0.5) is 0 Å². The molecule has 1 unspecified atom stereocenters. The first kappa shape index (κ1) is 12.9. The Bertz CT molecular complexity index is 547. The summed E-state index contributed by atoms with van der Waals surface area (Å²) >= 11 is 0. The van der Waals surface area contributed by atoms with Crippen LogP contribution in [0.2, 0.25) is 0 Å². The summed E-state index contributed by atoms with van der Waals surface area (Å²) in [7, 11) is -0.243. The molecule has 0 saturated carbocycles. The molecule has 2 aromatic rings. The number of benzene rings is 2. The van der Waals surface area contributed by atoms with Gasteiger partial charge in [0.05, 0.1) is 7.11 Å². The molecule has 0 bridgehead atoms. The van der Waals surface area contributed by atoms with E-state index in [4.69, 9.17) is 4.52 Å². The minimum Gasteiger partial charge on any atom is -0.145 e. The van der Waals surface area contributed by atoms with E-state index >= 15 is 0 Å². The van der Waals surface area contributed by atoms with Gasteiger partial charge in [-0.25, -0.2) is 0 Å². The van der Waals surface area contributed by atoms with E-state index in [-0.39, 0.29) is 0 Å². The molecule has 2 rings (SSSR count). The topological polar surface area (TPSA) is 26.3 Å². The smallest absolute Gasteiger partial charge is 0.145 e. The minimum atomic E-state index is -1.70. The highest BCUT2D eigenvalue weighted by atomic mass is 31.1. The molecule has 0 heterocycles.